The third-order valence-electron chi connectivity index (χ3n) is 4.37. The van der Waals surface area contributed by atoms with E-state index in [4.69, 9.17) is 4.42 Å². The number of hydrogen-bond donors (Lipinski definition) is 2. The number of para-hydroxylation sites is 1. The van der Waals surface area contributed by atoms with E-state index in [1.807, 2.05) is 54.6 Å². The monoisotopic (exact) mass is 356 g/mol. The van der Waals surface area contributed by atoms with Crippen LogP contribution in [0.5, 0.6) is 0 Å². The highest BCUT2D eigenvalue weighted by atomic mass is 16.3. The second-order valence-corrected chi connectivity index (χ2v) is 6.21. The Morgan fingerprint density at radius 2 is 1.96 bits per heavy atom. The van der Waals surface area contributed by atoms with Crippen molar-refractivity contribution in [1.29, 1.82) is 0 Å². The summed E-state index contributed by atoms with van der Waals surface area (Å²) in [5.74, 6) is 2.11. The van der Waals surface area contributed by atoms with Crippen LogP contribution in [-0.4, -0.2) is 9.97 Å². The van der Waals surface area contributed by atoms with Gasteiger partial charge in [-0.25, -0.2) is 4.98 Å². The van der Waals surface area contributed by atoms with Gasteiger partial charge in [0, 0.05) is 16.6 Å². The number of fused-ring (bicyclic) bond motifs is 2. The van der Waals surface area contributed by atoms with Crippen LogP contribution in [0.4, 0.5) is 23.1 Å². The minimum atomic E-state index is 0.519. The Balaban J connectivity index is 1.47. The molecule has 4 aromatic rings. The van der Waals surface area contributed by atoms with Crippen LogP contribution in [0.25, 0.3) is 10.9 Å². The second-order valence-electron chi connectivity index (χ2n) is 6.21. The summed E-state index contributed by atoms with van der Waals surface area (Å²) in [4.78, 5) is 9.29. The van der Waals surface area contributed by atoms with Gasteiger partial charge in [-0.1, -0.05) is 18.2 Å². The molecule has 132 valence electrons. The summed E-state index contributed by atoms with van der Waals surface area (Å²) in [7, 11) is 0. The highest BCUT2D eigenvalue weighted by molar-refractivity contribution is 5.90. The Morgan fingerprint density at radius 1 is 1.00 bits per heavy atom. The molecule has 27 heavy (non-hydrogen) atoms. The normalized spacial score (nSPS) is 12.3. The van der Waals surface area contributed by atoms with Gasteiger partial charge in [0.2, 0.25) is 5.95 Å². The molecule has 1 aliphatic rings. The Morgan fingerprint density at radius 3 is 2.89 bits per heavy atom. The zero-order chi connectivity index (χ0) is 18.1. The summed E-state index contributed by atoms with van der Waals surface area (Å²) in [6, 6.07) is 17.7. The molecule has 2 aromatic heterocycles. The molecule has 0 bridgehead atoms. The fraction of sp³-hybridized carbons (Fsp3) is 0.100. The largest absolute Gasteiger partial charge is 0.467 e. The van der Waals surface area contributed by atoms with E-state index in [2.05, 4.69) is 30.8 Å². The van der Waals surface area contributed by atoms with E-state index in [-0.39, 0.29) is 0 Å². The van der Waals surface area contributed by atoms with Crippen LogP contribution in [0.3, 0.4) is 0 Å². The Labute approximate surface area is 155 Å². The number of furan rings is 1. The van der Waals surface area contributed by atoms with Gasteiger partial charge in [0.1, 0.15) is 11.6 Å². The average Bonchev–Trinajstić information content (AvgIpc) is 3.37. The smallest absolute Gasteiger partial charge is 0.229 e. The van der Waals surface area contributed by atoms with Crippen molar-refractivity contribution in [3.8, 4) is 0 Å². The predicted octanol–water partition coefficient (Wildman–Crippen LogP) is 5.18. The van der Waals surface area contributed by atoms with Gasteiger partial charge < -0.3 is 15.1 Å². The van der Waals surface area contributed by atoms with Gasteiger partial charge in [-0.3, -0.25) is 0 Å². The second kappa shape index (κ2) is 6.53. The molecule has 3 heterocycles. The van der Waals surface area contributed by atoms with Crippen LogP contribution >= 0.6 is 0 Å². The van der Waals surface area contributed by atoms with Crippen molar-refractivity contribution in [2.45, 2.75) is 13.1 Å². The van der Waals surface area contributed by atoms with E-state index in [1.165, 1.54) is 0 Å². The zero-order valence-corrected chi connectivity index (χ0v) is 14.4. The maximum atomic E-state index is 5.39. The first-order valence-electron chi connectivity index (χ1n) is 8.66. The van der Waals surface area contributed by atoms with Crippen molar-refractivity contribution in [3.05, 3.63) is 72.2 Å². The Hall–Kier alpha value is -3.74. The van der Waals surface area contributed by atoms with E-state index in [1.54, 1.807) is 6.26 Å². The summed E-state index contributed by atoms with van der Waals surface area (Å²) < 4.78 is 5.39. The van der Waals surface area contributed by atoms with Crippen molar-refractivity contribution in [1.82, 2.24) is 9.97 Å². The van der Waals surface area contributed by atoms with Gasteiger partial charge in [0.15, 0.2) is 0 Å². The van der Waals surface area contributed by atoms with Crippen molar-refractivity contribution in [3.63, 3.8) is 0 Å². The topological polar surface area (TPSA) is 87.7 Å². The van der Waals surface area contributed by atoms with Gasteiger partial charge in [0.25, 0.3) is 0 Å². The summed E-state index contributed by atoms with van der Waals surface area (Å²) in [5, 5.41) is 15.8. The lowest BCUT2D eigenvalue weighted by Gasteiger charge is -2.11. The van der Waals surface area contributed by atoms with Crippen LogP contribution in [0, 0.1) is 0 Å². The lowest BCUT2D eigenvalue weighted by atomic mass is 10.2. The van der Waals surface area contributed by atoms with E-state index < -0.39 is 0 Å². The maximum Gasteiger partial charge on any atom is 0.229 e. The molecule has 0 radical (unpaired) electrons. The molecule has 7 nitrogen and oxygen atoms in total. The van der Waals surface area contributed by atoms with Crippen molar-refractivity contribution >= 4 is 34.0 Å². The van der Waals surface area contributed by atoms with Crippen molar-refractivity contribution in [2.75, 3.05) is 10.6 Å². The van der Waals surface area contributed by atoms with Crippen LogP contribution in [0.15, 0.2) is 75.5 Å². The Kier molecular flexibility index (Phi) is 3.75. The third kappa shape index (κ3) is 3.10. The number of aromatic nitrogens is 2. The first-order chi connectivity index (χ1) is 13.3. The number of azo groups is 1. The van der Waals surface area contributed by atoms with Gasteiger partial charge in [-0.05, 0) is 36.4 Å². The molecule has 2 aromatic carbocycles. The number of rotatable bonds is 5. The molecule has 2 N–H and O–H groups in total. The van der Waals surface area contributed by atoms with Crippen LogP contribution < -0.4 is 10.6 Å². The molecule has 0 unspecified atom stereocenters. The number of anilines is 3. The number of nitrogens with zero attached hydrogens (tertiary/aromatic N) is 4. The highest BCUT2D eigenvalue weighted by Gasteiger charge is 2.11. The van der Waals surface area contributed by atoms with Crippen LogP contribution in [0.1, 0.15) is 11.3 Å². The quantitative estimate of drug-likeness (QED) is 0.515. The fourth-order valence-corrected chi connectivity index (χ4v) is 3.04. The average molecular weight is 356 g/mol. The zero-order valence-electron chi connectivity index (χ0n) is 14.4. The number of hydrogen-bond acceptors (Lipinski definition) is 7. The molecule has 0 aliphatic carbocycles. The molecular formula is C20H16N6O. The first kappa shape index (κ1) is 15.5. The summed E-state index contributed by atoms with van der Waals surface area (Å²) in [6.07, 6.45) is 1.66. The molecule has 0 atom stereocenters. The minimum Gasteiger partial charge on any atom is -0.467 e. The molecule has 5 rings (SSSR count). The van der Waals surface area contributed by atoms with Gasteiger partial charge in [-0.2, -0.15) is 15.2 Å². The van der Waals surface area contributed by atoms with Crippen LogP contribution in [0.2, 0.25) is 0 Å². The highest BCUT2D eigenvalue weighted by Crippen LogP contribution is 2.31. The molecule has 0 saturated heterocycles. The van der Waals surface area contributed by atoms with Gasteiger partial charge in [-0.15, -0.1) is 0 Å². The van der Waals surface area contributed by atoms with E-state index >= 15 is 0 Å². The lowest BCUT2D eigenvalue weighted by molar-refractivity contribution is 0.518. The SMILES string of the molecule is c1coc(CNc2nc(Nc3ccc4c(c3)N=NC4)nc3ccccc23)c1. The molecule has 0 saturated carbocycles. The van der Waals surface area contributed by atoms with Crippen molar-refractivity contribution in [2.24, 2.45) is 10.2 Å². The first-order valence-corrected chi connectivity index (χ1v) is 8.66. The summed E-state index contributed by atoms with van der Waals surface area (Å²) in [5.41, 5.74) is 3.75. The van der Waals surface area contributed by atoms with Crippen molar-refractivity contribution < 1.29 is 4.42 Å². The van der Waals surface area contributed by atoms with Gasteiger partial charge >= 0.3 is 0 Å². The molecule has 7 heteroatoms. The molecule has 1 aliphatic heterocycles. The molecular weight excluding hydrogens is 340 g/mol. The van der Waals surface area contributed by atoms with E-state index in [0.29, 0.717) is 19.0 Å². The predicted molar refractivity (Wildman–Crippen MR) is 104 cm³/mol. The standard InChI is InChI=1S/C20H16N6O/c1-2-6-17-16(5-1)19(21-12-15-4-3-9-27-15)25-20(24-17)23-14-8-7-13-11-22-26-18(13)10-14/h1-10H,11-12H2,(H2,21,23,24,25). The molecule has 0 amide bonds. The minimum absolute atomic E-state index is 0.519. The number of nitrogens with one attached hydrogen (secondary N) is 2. The number of benzene rings is 2. The van der Waals surface area contributed by atoms with Gasteiger partial charge in [0.05, 0.1) is 30.6 Å². The summed E-state index contributed by atoms with van der Waals surface area (Å²) in [6.45, 7) is 1.19. The summed E-state index contributed by atoms with van der Waals surface area (Å²) >= 11 is 0. The molecule has 0 spiro atoms. The fourth-order valence-electron chi connectivity index (χ4n) is 3.04. The maximum absolute atomic E-state index is 5.39. The van der Waals surface area contributed by atoms with E-state index in [9.17, 15) is 0 Å². The van der Waals surface area contributed by atoms with Crippen LogP contribution in [-0.2, 0) is 13.1 Å². The van der Waals surface area contributed by atoms with E-state index in [0.717, 1.165) is 39.4 Å². The molecule has 0 fully saturated rings. The lowest BCUT2D eigenvalue weighted by Crippen LogP contribution is -2.05. The third-order valence-corrected chi connectivity index (χ3v) is 4.37. The Bertz CT molecular complexity index is 1140.